The summed E-state index contributed by atoms with van der Waals surface area (Å²) in [6.07, 6.45) is 4.00. The molecule has 3 aromatic rings. The van der Waals surface area contributed by atoms with Crippen LogP contribution in [0.5, 0.6) is 0 Å². The molecule has 0 saturated heterocycles. The van der Waals surface area contributed by atoms with Gasteiger partial charge in [-0.3, -0.25) is 4.68 Å². The van der Waals surface area contributed by atoms with Crippen LogP contribution < -0.4 is 0 Å². The van der Waals surface area contributed by atoms with E-state index in [1.54, 1.807) is 0 Å². The summed E-state index contributed by atoms with van der Waals surface area (Å²) in [4.78, 5) is 0. The van der Waals surface area contributed by atoms with Crippen LogP contribution >= 0.6 is 38.5 Å². The van der Waals surface area contributed by atoms with Crippen LogP contribution in [0.4, 0.5) is 0 Å². The molecule has 0 atom stereocenters. The molecule has 0 radical (unpaired) electrons. The number of aromatic nitrogens is 2. The van der Waals surface area contributed by atoms with Crippen molar-refractivity contribution in [3.05, 3.63) is 74.5 Å². The van der Waals surface area contributed by atoms with Gasteiger partial charge in [-0.15, -0.1) is 0 Å². The monoisotopic (exact) mass is 438 g/mol. The number of halogens is 2. The van der Waals surface area contributed by atoms with Gasteiger partial charge in [0.15, 0.2) is 0 Å². The minimum Gasteiger partial charge on any atom is -0.268 e. The first-order valence-corrected chi connectivity index (χ1v) is 8.11. The lowest BCUT2D eigenvalue weighted by molar-refractivity contribution is 0.687. The van der Waals surface area contributed by atoms with Gasteiger partial charge in [0.1, 0.15) is 0 Å². The van der Waals surface area contributed by atoms with Crippen molar-refractivity contribution in [2.75, 3.05) is 0 Å². The molecule has 0 aliphatic carbocycles. The van der Waals surface area contributed by atoms with Crippen molar-refractivity contribution >= 4 is 38.5 Å². The average molecular weight is 439 g/mol. The largest absolute Gasteiger partial charge is 0.268 e. The number of nitrogens with zero attached hydrogens (tertiary/aromatic N) is 2. The zero-order valence-electron chi connectivity index (χ0n) is 10.6. The van der Waals surface area contributed by atoms with Crippen LogP contribution in [0.2, 0.25) is 0 Å². The van der Waals surface area contributed by atoms with Crippen molar-refractivity contribution in [2.24, 2.45) is 0 Å². The second-order valence-electron chi connectivity index (χ2n) is 4.56. The summed E-state index contributed by atoms with van der Waals surface area (Å²) in [6.45, 7) is 0.782. The summed E-state index contributed by atoms with van der Waals surface area (Å²) in [6, 6.07) is 16.8. The van der Waals surface area contributed by atoms with E-state index in [2.05, 4.69) is 86.2 Å². The summed E-state index contributed by atoms with van der Waals surface area (Å²) in [5, 5.41) is 4.44. The lowest BCUT2D eigenvalue weighted by Gasteiger charge is -2.02. The summed E-state index contributed by atoms with van der Waals surface area (Å²) in [5.41, 5.74) is 3.58. The van der Waals surface area contributed by atoms with Crippen molar-refractivity contribution in [2.45, 2.75) is 6.54 Å². The van der Waals surface area contributed by atoms with E-state index in [4.69, 9.17) is 0 Å². The Balaban J connectivity index is 1.82. The second-order valence-corrected chi connectivity index (χ2v) is 6.72. The molecule has 2 nitrogen and oxygen atoms in total. The normalized spacial score (nSPS) is 10.7. The predicted molar refractivity (Wildman–Crippen MR) is 93.6 cm³/mol. The first-order valence-electron chi connectivity index (χ1n) is 6.23. The van der Waals surface area contributed by atoms with Gasteiger partial charge in [0, 0.05) is 19.8 Å². The molecule has 4 heteroatoms. The van der Waals surface area contributed by atoms with Crippen molar-refractivity contribution in [1.29, 1.82) is 0 Å². The summed E-state index contributed by atoms with van der Waals surface area (Å²) >= 11 is 5.81. The molecular weight excluding hydrogens is 427 g/mol. The Labute approximate surface area is 140 Å². The van der Waals surface area contributed by atoms with E-state index in [1.165, 1.54) is 14.7 Å². The highest BCUT2D eigenvalue weighted by Crippen LogP contribution is 2.20. The number of benzene rings is 2. The van der Waals surface area contributed by atoms with Gasteiger partial charge in [-0.1, -0.05) is 40.2 Å². The third-order valence-corrected chi connectivity index (χ3v) is 4.26. The Bertz CT molecular complexity index is 719. The fourth-order valence-corrected chi connectivity index (χ4v) is 2.87. The predicted octanol–water partition coefficient (Wildman–Crippen LogP) is 4.97. The van der Waals surface area contributed by atoms with E-state index in [-0.39, 0.29) is 0 Å². The van der Waals surface area contributed by atoms with E-state index in [9.17, 15) is 0 Å². The van der Waals surface area contributed by atoms with Crippen molar-refractivity contribution in [1.82, 2.24) is 9.78 Å². The van der Waals surface area contributed by atoms with Gasteiger partial charge < -0.3 is 0 Å². The van der Waals surface area contributed by atoms with Gasteiger partial charge in [-0.25, -0.2) is 0 Å². The summed E-state index contributed by atoms with van der Waals surface area (Å²) in [5.74, 6) is 0. The molecule has 0 aliphatic heterocycles. The van der Waals surface area contributed by atoms with Crippen LogP contribution in [0.3, 0.4) is 0 Å². The Morgan fingerprint density at radius 3 is 2.60 bits per heavy atom. The quantitative estimate of drug-likeness (QED) is 0.528. The zero-order chi connectivity index (χ0) is 13.9. The molecule has 3 rings (SSSR count). The Hall–Kier alpha value is -1.14. The first-order chi connectivity index (χ1) is 9.70. The molecule has 0 aliphatic rings. The highest BCUT2D eigenvalue weighted by molar-refractivity contribution is 14.1. The van der Waals surface area contributed by atoms with Gasteiger partial charge in [0.25, 0.3) is 0 Å². The van der Waals surface area contributed by atoms with Gasteiger partial charge in [-0.2, -0.15) is 5.10 Å². The zero-order valence-corrected chi connectivity index (χ0v) is 14.4. The molecular formula is C16H12BrIN2. The molecule has 0 spiro atoms. The standard InChI is InChI=1S/C16H12BrIN2/c17-15-3-1-2-12(8-15)10-20-11-14(9-19-20)13-4-6-16(18)7-5-13/h1-9,11H,10H2. The Morgan fingerprint density at radius 1 is 1.05 bits per heavy atom. The van der Waals surface area contributed by atoms with Crippen LogP contribution in [-0.4, -0.2) is 9.78 Å². The molecule has 0 N–H and O–H groups in total. The highest BCUT2D eigenvalue weighted by atomic mass is 127. The van der Waals surface area contributed by atoms with Crippen molar-refractivity contribution in [3.8, 4) is 11.1 Å². The van der Waals surface area contributed by atoms with Gasteiger partial charge in [0.05, 0.1) is 12.7 Å². The molecule has 0 bridgehead atoms. The molecule has 1 aromatic heterocycles. The molecule has 1 heterocycles. The Kier molecular flexibility index (Phi) is 4.21. The van der Waals surface area contributed by atoms with E-state index in [0.29, 0.717) is 0 Å². The third-order valence-electron chi connectivity index (χ3n) is 3.04. The van der Waals surface area contributed by atoms with Gasteiger partial charge >= 0.3 is 0 Å². The van der Waals surface area contributed by atoms with Gasteiger partial charge in [0.2, 0.25) is 0 Å². The maximum Gasteiger partial charge on any atom is 0.0660 e. The minimum atomic E-state index is 0.782. The first kappa shape index (κ1) is 13.8. The topological polar surface area (TPSA) is 17.8 Å². The maximum absolute atomic E-state index is 4.44. The highest BCUT2D eigenvalue weighted by Gasteiger charge is 2.03. The lowest BCUT2D eigenvalue weighted by atomic mass is 10.1. The second kappa shape index (κ2) is 6.10. The molecule has 0 unspecified atom stereocenters. The van der Waals surface area contributed by atoms with Crippen molar-refractivity contribution < 1.29 is 0 Å². The fraction of sp³-hybridized carbons (Fsp3) is 0.0625. The van der Waals surface area contributed by atoms with Crippen LogP contribution in [0.15, 0.2) is 65.4 Å². The molecule has 0 saturated carbocycles. The third kappa shape index (κ3) is 3.30. The van der Waals surface area contributed by atoms with E-state index < -0.39 is 0 Å². The lowest BCUT2D eigenvalue weighted by Crippen LogP contribution is -1.99. The fourth-order valence-electron chi connectivity index (χ4n) is 2.06. The van der Waals surface area contributed by atoms with E-state index in [1.807, 2.05) is 23.0 Å². The SMILES string of the molecule is Brc1cccc(Cn2cc(-c3ccc(I)cc3)cn2)c1. The smallest absolute Gasteiger partial charge is 0.0660 e. The molecule has 0 amide bonds. The van der Waals surface area contributed by atoms with Crippen molar-refractivity contribution in [3.63, 3.8) is 0 Å². The minimum absolute atomic E-state index is 0.782. The molecule has 20 heavy (non-hydrogen) atoms. The number of rotatable bonds is 3. The summed E-state index contributed by atoms with van der Waals surface area (Å²) < 4.78 is 4.31. The van der Waals surface area contributed by atoms with Crippen LogP contribution in [-0.2, 0) is 6.54 Å². The average Bonchev–Trinajstić information content (AvgIpc) is 2.88. The number of hydrogen-bond acceptors (Lipinski definition) is 1. The van der Waals surface area contributed by atoms with Crippen LogP contribution in [0.1, 0.15) is 5.56 Å². The summed E-state index contributed by atoms with van der Waals surface area (Å²) in [7, 11) is 0. The van der Waals surface area contributed by atoms with E-state index in [0.717, 1.165) is 16.6 Å². The number of hydrogen-bond donors (Lipinski definition) is 0. The maximum atomic E-state index is 4.44. The van der Waals surface area contributed by atoms with Crippen LogP contribution in [0, 0.1) is 3.57 Å². The van der Waals surface area contributed by atoms with Crippen LogP contribution in [0.25, 0.3) is 11.1 Å². The van der Waals surface area contributed by atoms with Gasteiger partial charge in [-0.05, 0) is 58.0 Å². The molecule has 100 valence electrons. The molecule has 0 fully saturated rings. The Morgan fingerprint density at radius 2 is 1.85 bits per heavy atom. The molecule has 2 aromatic carbocycles. The van der Waals surface area contributed by atoms with E-state index >= 15 is 0 Å².